The zero-order chi connectivity index (χ0) is 22.8. The summed E-state index contributed by atoms with van der Waals surface area (Å²) in [5.41, 5.74) is -0.678. The minimum absolute atomic E-state index is 0.0378. The second-order valence-corrected chi connectivity index (χ2v) is 8.72. The Bertz CT molecular complexity index is 1170. The van der Waals surface area contributed by atoms with Crippen molar-refractivity contribution in [2.45, 2.75) is 26.7 Å². The SMILES string of the molecule is CCCN(CCC)C1=C(S(=O)(=O)Nc2ccc(F)cc2F)C(=O)c2ccccc2C1=O. The first-order valence-electron chi connectivity index (χ1n) is 9.86. The second kappa shape index (κ2) is 8.97. The van der Waals surface area contributed by atoms with Crippen LogP contribution < -0.4 is 4.72 Å². The molecule has 0 spiro atoms. The number of allylic oxidation sites excluding steroid dienone is 2. The summed E-state index contributed by atoms with van der Waals surface area (Å²) in [6, 6.07) is 8.31. The first kappa shape index (κ1) is 22.6. The number of nitrogens with one attached hydrogen (secondary N) is 1. The van der Waals surface area contributed by atoms with E-state index in [4.69, 9.17) is 0 Å². The number of anilines is 1. The van der Waals surface area contributed by atoms with Crippen molar-refractivity contribution in [3.8, 4) is 0 Å². The summed E-state index contributed by atoms with van der Waals surface area (Å²) in [6.07, 6.45) is 1.22. The number of hydrogen-bond donors (Lipinski definition) is 1. The largest absolute Gasteiger partial charge is 0.367 e. The van der Waals surface area contributed by atoms with Crippen LogP contribution in [0.1, 0.15) is 47.4 Å². The van der Waals surface area contributed by atoms with E-state index in [0.29, 0.717) is 32.0 Å². The quantitative estimate of drug-likeness (QED) is 0.657. The monoisotopic (exact) mass is 448 g/mol. The van der Waals surface area contributed by atoms with E-state index in [1.807, 2.05) is 18.6 Å². The minimum atomic E-state index is -4.67. The van der Waals surface area contributed by atoms with Crippen molar-refractivity contribution >= 4 is 27.3 Å². The van der Waals surface area contributed by atoms with Gasteiger partial charge in [0.1, 0.15) is 17.3 Å². The lowest BCUT2D eigenvalue weighted by molar-refractivity contribution is 0.0946. The van der Waals surface area contributed by atoms with Gasteiger partial charge in [0.15, 0.2) is 4.91 Å². The highest BCUT2D eigenvalue weighted by Gasteiger charge is 2.41. The summed E-state index contributed by atoms with van der Waals surface area (Å²) in [5, 5.41) is 0. The Kier molecular flexibility index (Phi) is 6.54. The highest BCUT2D eigenvalue weighted by molar-refractivity contribution is 7.97. The van der Waals surface area contributed by atoms with Crippen LogP contribution in [0, 0.1) is 11.6 Å². The molecule has 31 heavy (non-hydrogen) atoms. The molecule has 0 bridgehead atoms. The summed E-state index contributed by atoms with van der Waals surface area (Å²) in [6.45, 7) is 4.45. The molecule has 1 aliphatic carbocycles. The van der Waals surface area contributed by atoms with E-state index in [2.05, 4.69) is 0 Å². The zero-order valence-corrected chi connectivity index (χ0v) is 17.9. The zero-order valence-electron chi connectivity index (χ0n) is 17.1. The van der Waals surface area contributed by atoms with Crippen molar-refractivity contribution in [2.75, 3.05) is 17.8 Å². The Hall–Kier alpha value is -3.07. The van der Waals surface area contributed by atoms with Gasteiger partial charge in [0.25, 0.3) is 10.0 Å². The number of ketones is 2. The Morgan fingerprint density at radius 2 is 1.48 bits per heavy atom. The molecule has 0 amide bonds. The van der Waals surface area contributed by atoms with E-state index in [1.54, 1.807) is 11.0 Å². The standard InChI is InChI=1S/C22H22F2N2O4S/c1-3-11-26(12-4-2)19-20(27)15-7-5-6-8-16(15)21(28)22(19)31(29,30)25-18-10-9-14(23)13-17(18)24/h5-10,13,25H,3-4,11-12H2,1-2H3. The van der Waals surface area contributed by atoms with Crippen molar-refractivity contribution in [1.29, 1.82) is 0 Å². The van der Waals surface area contributed by atoms with E-state index >= 15 is 0 Å². The predicted molar refractivity (Wildman–Crippen MR) is 113 cm³/mol. The molecule has 164 valence electrons. The van der Waals surface area contributed by atoms with Gasteiger partial charge in [-0.05, 0) is 25.0 Å². The third-order valence-electron chi connectivity index (χ3n) is 4.80. The molecule has 0 fully saturated rings. The number of nitrogens with zero attached hydrogens (tertiary/aromatic N) is 1. The van der Waals surface area contributed by atoms with Gasteiger partial charge in [-0.2, -0.15) is 0 Å². The summed E-state index contributed by atoms with van der Waals surface area (Å²) < 4.78 is 55.8. The van der Waals surface area contributed by atoms with Gasteiger partial charge in [0.05, 0.1) is 5.69 Å². The van der Waals surface area contributed by atoms with E-state index in [-0.39, 0.29) is 16.8 Å². The lowest BCUT2D eigenvalue weighted by Crippen LogP contribution is -2.38. The van der Waals surface area contributed by atoms with Gasteiger partial charge in [0, 0.05) is 30.3 Å². The van der Waals surface area contributed by atoms with Crippen molar-refractivity contribution in [2.24, 2.45) is 0 Å². The summed E-state index contributed by atoms with van der Waals surface area (Å²) in [5.74, 6) is -3.45. The van der Waals surface area contributed by atoms with Gasteiger partial charge in [-0.1, -0.05) is 38.1 Å². The molecular formula is C22H22F2N2O4S. The summed E-state index contributed by atoms with van der Waals surface area (Å²) in [4.78, 5) is 27.4. The van der Waals surface area contributed by atoms with Crippen molar-refractivity contribution in [1.82, 2.24) is 4.90 Å². The highest BCUT2D eigenvalue weighted by atomic mass is 32.2. The molecule has 1 aliphatic rings. The van der Waals surface area contributed by atoms with Gasteiger partial charge in [-0.15, -0.1) is 0 Å². The Morgan fingerprint density at radius 3 is 2.03 bits per heavy atom. The molecule has 0 aromatic heterocycles. The lowest BCUT2D eigenvalue weighted by atomic mass is 9.91. The lowest BCUT2D eigenvalue weighted by Gasteiger charge is -2.31. The fourth-order valence-electron chi connectivity index (χ4n) is 3.52. The van der Waals surface area contributed by atoms with Crippen molar-refractivity contribution in [3.05, 3.63) is 75.8 Å². The van der Waals surface area contributed by atoms with Crippen LogP contribution in [0.5, 0.6) is 0 Å². The van der Waals surface area contributed by atoms with Crippen LogP contribution in [0.2, 0.25) is 0 Å². The molecule has 0 aliphatic heterocycles. The summed E-state index contributed by atoms with van der Waals surface area (Å²) >= 11 is 0. The molecule has 0 atom stereocenters. The Morgan fingerprint density at radius 1 is 0.903 bits per heavy atom. The number of carbonyl (C=O) groups excluding carboxylic acids is 2. The Balaban J connectivity index is 2.22. The van der Waals surface area contributed by atoms with Gasteiger partial charge in [-0.3, -0.25) is 14.3 Å². The topological polar surface area (TPSA) is 83.6 Å². The third-order valence-corrected chi connectivity index (χ3v) is 6.20. The van der Waals surface area contributed by atoms with Crippen LogP contribution >= 0.6 is 0 Å². The number of benzene rings is 2. The molecule has 2 aromatic carbocycles. The number of carbonyl (C=O) groups is 2. The maximum Gasteiger partial charge on any atom is 0.268 e. The van der Waals surface area contributed by atoms with Crippen LogP contribution in [0.25, 0.3) is 0 Å². The van der Waals surface area contributed by atoms with Crippen molar-refractivity contribution in [3.63, 3.8) is 0 Å². The number of sulfonamides is 1. The predicted octanol–water partition coefficient (Wildman–Crippen LogP) is 4.12. The van der Waals surface area contributed by atoms with Gasteiger partial charge >= 0.3 is 0 Å². The summed E-state index contributed by atoms with van der Waals surface area (Å²) in [7, 11) is -4.67. The average molecular weight is 448 g/mol. The Labute approximate surface area is 179 Å². The molecular weight excluding hydrogens is 426 g/mol. The molecule has 9 heteroatoms. The fourth-order valence-corrected chi connectivity index (χ4v) is 4.91. The van der Waals surface area contributed by atoms with Crippen LogP contribution in [-0.2, 0) is 10.0 Å². The van der Waals surface area contributed by atoms with Crippen molar-refractivity contribution < 1.29 is 26.8 Å². The molecule has 6 nitrogen and oxygen atoms in total. The molecule has 0 heterocycles. The van der Waals surface area contributed by atoms with Crippen LogP contribution in [-0.4, -0.2) is 38.0 Å². The third kappa shape index (κ3) is 4.36. The second-order valence-electron chi connectivity index (χ2n) is 7.10. The smallest absolute Gasteiger partial charge is 0.268 e. The number of hydrogen-bond acceptors (Lipinski definition) is 5. The number of rotatable bonds is 8. The number of fused-ring (bicyclic) bond motifs is 1. The fraction of sp³-hybridized carbons (Fsp3) is 0.273. The van der Waals surface area contributed by atoms with Crippen LogP contribution in [0.3, 0.4) is 0 Å². The molecule has 1 N–H and O–H groups in total. The molecule has 0 saturated carbocycles. The first-order chi connectivity index (χ1) is 14.7. The van der Waals surface area contributed by atoms with Gasteiger partial charge in [-0.25, -0.2) is 17.2 Å². The highest BCUT2D eigenvalue weighted by Crippen LogP contribution is 2.33. The molecule has 0 saturated heterocycles. The minimum Gasteiger partial charge on any atom is -0.367 e. The maximum absolute atomic E-state index is 14.1. The molecule has 3 rings (SSSR count). The molecule has 0 unspecified atom stereocenters. The maximum atomic E-state index is 14.1. The molecule has 0 radical (unpaired) electrons. The first-order valence-corrected chi connectivity index (χ1v) is 11.3. The van der Waals surface area contributed by atoms with E-state index in [0.717, 1.165) is 12.1 Å². The average Bonchev–Trinajstić information content (AvgIpc) is 2.72. The van der Waals surface area contributed by atoms with Gasteiger partial charge < -0.3 is 4.90 Å². The van der Waals surface area contributed by atoms with Gasteiger partial charge in [0.2, 0.25) is 11.6 Å². The normalized spacial score (nSPS) is 13.9. The van der Waals surface area contributed by atoms with E-state index in [9.17, 15) is 26.8 Å². The molecule has 2 aromatic rings. The number of Topliss-reactive ketones (excluding diaryl/α,β-unsaturated/α-hetero) is 2. The van der Waals surface area contributed by atoms with E-state index < -0.39 is 43.8 Å². The van der Waals surface area contributed by atoms with Crippen LogP contribution in [0.15, 0.2) is 53.1 Å². The number of halogens is 2. The van der Waals surface area contributed by atoms with E-state index in [1.165, 1.54) is 18.2 Å². The van der Waals surface area contributed by atoms with Crippen LogP contribution in [0.4, 0.5) is 14.5 Å².